The zero-order valence-electron chi connectivity index (χ0n) is 7.54. The number of alkyl halides is 2. The summed E-state index contributed by atoms with van der Waals surface area (Å²) in [6, 6.07) is 5.13. The summed E-state index contributed by atoms with van der Waals surface area (Å²) in [4.78, 5) is 10.4. The van der Waals surface area contributed by atoms with Gasteiger partial charge in [0.2, 0.25) is 0 Å². The second-order valence-electron chi connectivity index (χ2n) is 2.76. The first kappa shape index (κ1) is 11.7. The first-order valence-electron chi connectivity index (χ1n) is 4.12. The van der Waals surface area contributed by atoms with Crippen LogP contribution in [0.15, 0.2) is 18.2 Å². The number of nitro groups is 1. The summed E-state index contributed by atoms with van der Waals surface area (Å²) in [5.41, 5.74) is 1.85. The lowest BCUT2D eigenvalue weighted by molar-refractivity contribution is -0.385. The van der Waals surface area contributed by atoms with Crippen LogP contribution in [0, 0.1) is 10.1 Å². The molecule has 0 aliphatic heterocycles. The van der Waals surface area contributed by atoms with E-state index in [0.29, 0.717) is 5.56 Å². The fourth-order valence-electron chi connectivity index (χ4n) is 1.32. The molecule has 0 spiro atoms. The van der Waals surface area contributed by atoms with Gasteiger partial charge in [-0.3, -0.25) is 10.1 Å². The Balaban J connectivity index is 3.35. The molecule has 0 bridgehead atoms. The third-order valence-electron chi connectivity index (χ3n) is 1.97. The van der Waals surface area contributed by atoms with E-state index in [1.54, 1.807) is 6.07 Å². The van der Waals surface area contributed by atoms with E-state index >= 15 is 0 Å². The van der Waals surface area contributed by atoms with E-state index in [4.69, 9.17) is 0 Å². The highest BCUT2D eigenvalue weighted by atomic mass is 79.9. The molecular weight excluding hydrogens is 314 g/mol. The molecule has 3 nitrogen and oxygen atoms in total. The predicted molar refractivity (Wildman–Crippen MR) is 63.1 cm³/mol. The zero-order chi connectivity index (χ0) is 10.7. The minimum atomic E-state index is -0.357. The molecule has 0 saturated carbocycles. The van der Waals surface area contributed by atoms with E-state index in [9.17, 15) is 10.1 Å². The number of hydrogen-bond acceptors (Lipinski definition) is 2. The Kier molecular flexibility index (Phi) is 4.07. The van der Waals surface area contributed by atoms with Crippen molar-refractivity contribution in [2.45, 2.75) is 17.1 Å². The van der Waals surface area contributed by atoms with Gasteiger partial charge >= 0.3 is 0 Å². The second kappa shape index (κ2) is 4.89. The Labute approximate surface area is 98.9 Å². The van der Waals surface area contributed by atoms with Crippen LogP contribution in [0.3, 0.4) is 0 Å². The summed E-state index contributed by atoms with van der Waals surface area (Å²) in [5, 5.41) is 10.8. The number of aryl methyl sites for hydroxylation is 1. The third kappa shape index (κ3) is 2.33. The third-order valence-corrected chi connectivity index (χ3v) is 2.88. The number of hydrogen-bond donors (Lipinski definition) is 0. The minimum absolute atomic E-state index is 0.156. The van der Waals surface area contributed by atoms with Crippen molar-refractivity contribution in [2.75, 3.05) is 0 Å². The minimum Gasteiger partial charge on any atom is -0.258 e. The maximum atomic E-state index is 10.8. The van der Waals surface area contributed by atoms with Gasteiger partial charge in [-0.05, 0) is 12.0 Å². The molecule has 0 aliphatic carbocycles. The highest BCUT2D eigenvalue weighted by molar-refractivity contribution is 9.24. The fourth-order valence-corrected chi connectivity index (χ4v) is 2.38. The molecule has 1 aromatic rings. The van der Waals surface area contributed by atoms with Crippen molar-refractivity contribution in [3.05, 3.63) is 39.4 Å². The summed E-state index contributed by atoms with van der Waals surface area (Å²) in [5.74, 6) is 0. The highest BCUT2D eigenvalue weighted by Crippen LogP contribution is 2.38. The van der Waals surface area contributed by atoms with E-state index in [-0.39, 0.29) is 14.3 Å². The van der Waals surface area contributed by atoms with Crippen molar-refractivity contribution < 1.29 is 4.92 Å². The Bertz CT molecular complexity index is 353. The maximum absolute atomic E-state index is 10.8. The largest absolute Gasteiger partial charge is 0.274 e. The lowest BCUT2D eigenvalue weighted by Crippen LogP contribution is -1.98. The number of rotatable bonds is 3. The molecule has 0 saturated heterocycles. The molecule has 0 atom stereocenters. The van der Waals surface area contributed by atoms with Crippen molar-refractivity contribution in [1.29, 1.82) is 0 Å². The topological polar surface area (TPSA) is 43.1 Å². The summed E-state index contributed by atoms with van der Waals surface area (Å²) in [7, 11) is 0. The van der Waals surface area contributed by atoms with Gasteiger partial charge in [-0.15, -0.1) is 0 Å². The van der Waals surface area contributed by atoms with Crippen LogP contribution in [0.2, 0.25) is 0 Å². The number of benzene rings is 1. The summed E-state index contributed by atoms with van der Waals surface area (Å²) in [6.07, 6.45) is 0.782. The summed E-state index contributed by atoms with van der Waals surface area (Å²) >= 11 is 6.61. The van der Waals surface area contributed by atoms with Crippen LogP contribution < -0.4 is 0 Å². The molecule has 0 N–H and O–H groups in total. The van der Waals surface area contributed by atoms with Gasteiger partial charge in [-0.1, -0.05) is 50.9 Å². The zero-order valence-corrected chi connectivity index (χ0v) is 10.7. The first-order valence-corrected chi connectivity index (χ1v) is 5.95. The van der Waals surface area contributed by atoms with Crippen LogP contribution in [0.5, 0.6) is 0 Å². The molecule has 76 valence electrons. The van der Waals surface area contributed by atoms with Crippen LogP contribution in [0.25, 0.3) is 0 Å². The van der Waals surface area contributed by atoms with Crippen molar-refractivity contribution in [2.24, 2.45) is 0 Å². The van der Waals surface area contributed by atoms with Gasteiger partial charge in [0.15, 0.2) is 0 Å². The highest BCUT2D eigenvalue weighted by Gasteiger charge is 2.20. The predicted octanol–water partition coefficient (Wildman–Crippen LogP) is 3.95. The average Bonchev–Trinajstić information content (AvgIpc) is 2.16. The van der Waals surface area contributed by atoms with E-state index in [0.717, 1.165) is 12.0 Å². The Hall–Kier alpha value is -0.420. The molecule has 5 heteroatoms. The van der Waals surface area contributed by atoms with E-state index in [1.165, 1.54) is 6.07 Å². The van der Waals surface area contributed by atoms with Gasteiger partial charge in [-0.2, -0.15) is 0 Å². The Morgan fingerprint density at radius 3 is 2.57 bits per heavy atom. The van der Waals surface area contributed by atoms with E-state index < -0.39 is 0 Å². The molecule has 0 radical (unpaired) electrons. The van der Waals surface area contributed by atoms with Gasteiger partial charge in [-0.25, -0.2) is 0 Å². The molecule has 0 unspecified atom stereocenters. The van der Waals surface area contributed by atoms with Crippen molar-refractivity contribution in [1.82, 2.24) is 0 Å². The molecule has 0 amide bonds. The molecular formula is C9H9Br2NO2. The average molecular weight is 323 g/mol. The van der Waals surface area contributed by atoms with Crippen LogP contribution >= 0.6 is 31.9 Å². The van der Waals surface area contributed by atoms with Crippen LogP contribution in [0.1, 0.15) is 21.8 Å². The molecule has 1 aromatic carbocycles. The summed E-state index contributed by atoms with van der Waals surface area (Å²) < 4.78 is -0.174. The quantitative estimate of drug-likeness (QED) is 0.480. The van der Waals surface area contributed by atoms with E-state index in [2.05, 4.69) is 31.9 Å². The fraction of sp³-hybridized carbons (Fsp3) is 0.333. The summed E-state index contributed by atoms with van der Waals surface area (Å²) in [6.45, 7) is 1.98. The van der Waals surface area contributed by atoms with Crippen molar-refractivity contribution in [3.8, 4) is 0 Å². The number of nitro benzene ring substituents is 1. The number of nitrogens with zero attached hydrogens (tertiary/aromatic N) is 1. The normalized spacial score (nSPS) is 10.6. The molecule has 0 heterocycles. The monoisotopic (exact) mass is 321 g/mol. The van der Waals surface area contributed by atoms with Crippen molar-refractivity contribution >= 4 is 37.5 Å². The van der Waals surface area contributed by atoms with Crippen molar-refractivity contribution in [3.63, 3.8) is 0 Å². The number of halogens is 2. The molecule has 0 fully saturated rings. The lowest BCUT2D eigenvalue weighted by atomic mass is 10.1. The van der Waals surface area contributed by atoms with Gasteiger partial charge < -0.3 is 0 Å². The van der Waals surface area contributed by atoms with Crippen LogP contribution in [-0.4, -0.2) is 4.92 Å². The smallest absolute Gasteiger partial charge is 0.258 e. The second-order valence-corrected chi connectivity index (χ2v) is 5.82. The Morgan fingerprint density at radius 1 is 1.50 bits per heavy atom. The standard InChI is InChI=1S/C9H9Br2NO2/c1-2-6-4-3-5-7(12(13)14)8(6)9(10)11/h3-5,9H,2H2,1H3. The SMILES string of the molecule is CCc1cccc([N+](=O)[O-])c1C(Br)Br. The molecule has 14 heavy (non-hydrogen) atoms. The van der Waals surface area contributed by atoms with Crippen LogP contribution in [0.4, 0.5) is 5.69 Å². The Morgan fingerprint density at radius 2 is 2.14 bits per heavy atom. The molecule has 0 aliphatic rings. The first-order chi connectivity index (χ1) is 6.57. The maximum Gasteiger partial charge on any atom is 0.274 e. The lowest BCUT2D eigenvalue weighted by Gasteiger charge is -2.08. The van der Waals surface area contributed by atoms with Crippen LogP contribution in [-0.2, 0) is 6.42 Å². The van der Waals surface area contributed by atoms with Gasteiger partial charge in [0.05, 0.1) is 10.5 Å². The van der Waals surface area contributed by atoms with Gasteiger partial charge in [0.25, 0.3) is 5.69 Å². The van der Waals surface area contributed by atoms with Gasteiger partial charge in [0, 0.05) is 6.07 Å². The van der Waals surface area contributed by atoms with Gasteiger partial charge in [0.1, 0.15) is 3.74 Å². The van der Waals surface area contributed by atoms with E-state index in [1.807, 2.05) is 13.0 Å². The molecule has 0 aromatic heterocycles. The molecule has 1 rings (SSSR count).